The number of nitrogens with zero attached hydrogens (tertiary/aromatic N) is 1. The maximum atomic E-state index is 11.3. The molecular formula is C26H46N4O13S. The average Bonchev–Trinajstić information content (AvgIpc) is 2.81. The van der Waals surface area contributed by atoms with Crippen LogP contribution >= 0.6 is 0 Å². The summed E-state index contributed by atoms with van der Waals surface area (Å²) in [5.74, 6) is -4.17. The zero-order chi connectivity index (χ0) is 36.1. The normalized spacial score (nSPS) is 8.86. The second-order valence-electron chi connectivity index (χ2n) is 7.92. The van der Waals surface area contributed by atoms with E-state index in [-0.39, 0.29) is 4.90 Å². The lowest BCUT2D eigenvalue weighted by molar-refractivity contribution is -0.135. The van der Waals surface area contributed by atoms with Crippen LogP contribution in [0.5, 0.6) is 0 Å². The van der Waals surface area contributed by atoms with E-state index < -0.39 is 40.0 Å². The molecule has 0 aliphatic carbocycles. The summed E-state index contributed by atoms with van der Waals surface area (Å²) in [5.41, 5.74) is 11.2. The summed E-state index contributed by atoms with van der Waals surface area (Å²) >= 11 is 0. The minimum atomic E-state index is -4.19. The molecule has 11 N–H and O–H groups in total. The third kappa shape index (κ3) is 44.7. The molecule has 0 spiro atoms. The molecule has 0 heterocycles. The van der Waals surface area contributed by atoms with Crippen molar-refractivity contribution >= 4 is 56.4 Å². The fraction of sp³-hybridized carbons (Fsp3) is 0.423. The van der Waals surface area contributed by atoms with Crippen molar-refractivity contribution < 1.29 is 62.5 Å². The molecular weight excluding hydrogens is 608 g/mol. The Hall–Kier alpha value is -4.36. The average molecular weight is 655 g/mol. The third-order valence-corrected chi connectivity index (χ3v) is 4.17. The lowest BCUT2D eigenvalue weighted by Gasteiger charge is -2.16. The van der Waals surface area contributed by atoms with Gasteiger partial charge in [0.15, 0.2) is 0 Å². The summed E-state index contributed by atoms with van der Waals surface area (Å²) in [5, 5.41) is 41.4. The number of anilines is 1. The highest BCUT2D eigenvalue weighted by Crippen LogP contribution is 2.29. The van der Waals surface area contributed by atoms with Crippen LogP contribution in [0.25, 0.3) is 10.8 Å². The molecule has 0 fully saturated rings. The van der Waals surface area contributed by atoms with Crippen LogP contribution in [0.3, 0.4) is 0 Å². The van der Waals surface area contributed by atoms with Crippen molar-refractivity contribution in [3.05, 3.63) is 36.4 Å². The topological polar surface area (TPSA) is 308 Å². The van der Waals surface area contributed by atoms with Crippen molar-refractivity contribution in [1.82, 2.24) is 5.32 Å². The van der Waals surface area contributed by atoms with E-state index in [2.05, 4.69) is 5.32 Å². The number of benzene rings is 2. The molecule has 0 bridgehead atoms. The lowest BCUT2D eigenvalue weighted by Crippen LogP contribution is -2.27. The van der Waals surface area contributed by atoms with Crippen molar-refractivity contribution in [2.24, 2.45) is 11.5 Å². The number of carboxylic acid groups (broad SMARTS) is 5. The van der Waals surface area contributed by atoms with E-state index >= 15 is 0 Å². The van der Waals surface area contributed by atoms with Crippen LogP contribution in [0.4, 0.5) is 5.69 Å². The van der Waals surface area contributed by atoms with Crippen LogP contribution in [0.2, 0.25) is 0 Å². The van der Waals surface area contributed by atoms with Gasteiger partial charge < -0.3 is 47.2 Å². The molecule has 0 radical (unpaired) electrons. The zero-order valence-electron chi connectivity index (χ0n) is 25.8. The molecule has 0 aliphatic heterocycles. The fourth-order valence-electron chi connectivity index (χ4n) is 2.21. The van der Waals surface area contributed by atoms with Gasteiger partial charge in [-0.1, -0.05) is 24.3 Å². The number of hydrogen-bond acceptors (Lipinski definition) is 11. The first-order valence-corrected chi connectivity index (χ1v) is 13.7. The first-order chi connectivity index (χ1) is 20.0. The number of carbonyl (C=O) groups is 5. The SMILES string of the molecule is CC(=O)O.CC(=O)O.CC(=O)O.CC(=O)O.CC(=O)O.CN(C)c1cccc2c(S(=O)(=O)O)cccc12.NCCNCCN. The molecule has 0 aromatic heterocycles. The predicted octanol–water partition coefficient (Wildman–Crippen LogP) is 1.10. The van der Waals surface area contributed by atoms with Gasteiger partial charge >= 0.3 is 0 Å². The smallest absolute Gasteiger partial charge is 0.300 e. The molecule has 2 aromatic rings. The van der Waals surface area contributed by atoms with Crippen LogP contribution in [-0.2, 0) is 34.1 Å². The Morgan fingerprint density at radius 1 is 0.659 bits per heavy atom. The molecule has 0 saturated heterocycles. The minimum absolute atomic E-state index is 0.0568. The van der Waals surface area contributed by atoms with Gasteiger partial charge in [-0.25, -0.2) is 0 Å². The van der Waals surface area contributed by atoms with E-state index in [0.29, 0.717) is 18.5 Å². The minimum Gasteiger partial charge on any atom is -0.481 e. The summed E-state index contributed by atoms with van der Waals surface area (Å²) in [6, 6.07) is 10.2. The number of carboxylic acids is 5. The van der Waals surface area contributed by atoms with Crippen LogP contribution in [0.15, 0.2) is 41.3 Å². The number of nitrogens with one attached hydrogen (secondary N) is 1. The van der Waals surface area contributed by atoms with Crippen molar-refractivity contribution in [3.63, 3.8) is 0 Å². The first kappa shape index (κ1) is 49.3. The van der Waals surface area contributed by atoms with Gasteiger partial charge in [0.1, 0.15) is 4.90 Å². The third-order valence-electron chi connectivity index (χ3n) is 3.26. The second-order valence-corrected chi connectivity index (χ2v) is 9.31. The van der Waals surface area contributed by atoms with Gasteiger partial charge in [0.05, 0.1) is 0 Å². The van der Waals surface area contributed by atoms with Crippen LogP contribution in [-0.4, -0.2) is 109 Å². The Kier molecular flexibility index (Phi) is 33.8. The van der Waals surface area contributed by atoms with Gasteiger partial charge in [0.2, 0.25) is 0 Å². The quantitative estimate of drug-likeness (QED) is 0.155. The lowest BCUT2D eigenvalue weighted by atomic mass is 10.1. The molecule has 44 heavy (non-hydrogen) atoms. The molecule has 0 aliphatic rings. The van der Waals surface area contributed by atoms with Crippen molar-refractivity contribution in [2.75, 3.05) is 45.2 Å². The van der Waals surface area contributed by atoms with E-state index in [9.17, 15) is 13.0 Å². The number of rotatable bonds is 6. The highest BCUT2D eigenvalue weighted by molar-refractivity contribution is 7.86. The molecule has 18 heteroatoms. The Morgan fingerprint density at radius 3 is 1.23 bits per heavy atom. The fourth-order valence-corrected chi connectivity index (χ4v) is 2.92. The molecule has 0 saturated carbocycles. The highest BCUT2D eigenvalue weighted by atomic mass is 32.2. The zero-order valence-corrected chi connectivity index (χ0v) is 26.7. The van der Waals surface area contributed by atoms with E-state index in [4.69, 9.17) is 61.0 Å². The molecule has 17 nitrogen and oxygen atoms in total. The molecule has 0 amide bonds. The monoisotopic (exact) mass is 654 g/mol. The Labute approximate surface area is 256 Å². The highest BCUT2D eigenvalue weighted by Gasteiger charge is 2.15. The van der Waals surface area contributed by atoms with E-state index in [1.54, 1.807) is 18.2 Å². The van der Waals surface area contributed by atoms with E-state index in [0.717, 1.165) is 58.8 Å². The molecule has 0 unspecified atom stereocenters. The molecule has 254 valence electrons. The maximum absolute atomic E-state index is 11.3. The summed E-state index contributed by atoms with van der Waals surface area (Å²) in [4.78, 5) is 46.8. The van der Waals surface area contributed by atoms with Crippen molar-refractivity contribution in [2.45, 2.75) is 39.5 Å². The van der Waals surface area contributed by atoms with Gasteiger partial charge in [-0.3, -0.25) is 28.5 Å². The molecule has 0 atom stereocenters. The Balaban J connectivity index is -0.000000156. The summed E-state index contributed by atoms with van der Waals surface area (Å²) < 4.78 is 31.7. The molecule has 2 aromatic carbocycles. The summed E-state index contributed by atoms with van der Waals surface area (Å²) in [6.07, 6.45) is 0. The number of fused-ring (bicyclic) bond motifs is 1. The van der Waals surface area contributed by atoms with Crippen molar-refractivity contribution in [3.8, 4) is 0 Å². The second kappa shape index (κ2) is 30.1. The van der Waals surface area contributed by atoms with Gasteiger partial charge in [0, 0.05) is 91.4 Å². The van der Waals surface area contributed by atoms with Gasteiger partial charge in [0.25, 0.3) is 40.0 Å². The van der Waals surface area contributed by atoms with E-state index in [1.807, 2.05) is 31.1 Å². The van der Waals surface area contributed by atoms with Gasteiger partial charge in [-0.05, 0) is 12.1 Å². The summed E-state index contributed by atoms with van der Waals surface area (Å²) in [6.45, 7) is 8.55. The standard InChI is InChI=1S/C12H13NO3S.C4H13N3.5C2H4O2/c1-13(2)11-7-3-6-10-9(11)5-4-8-12(10)17(14,15)16;5-1-3-7-4-2-6;5*1-2(3)4/h3-8H,1-2H3,(H,14,15,16);7H,1-6H2;5*1H3,(H,3,4). The Morgan fingerprint density at radius 2 is 0.955 bits per heavy atom. The van der Waals surface area contributed by atoms with Gasteiger partial charge in [-0.15, -0.1) is 0 Å². The van der Waals surface area contributed by atoms with Gasteiger partial charge in [-0.2, -0.15) is 8.42 Å². The summed E-state index contributed by atoms with van der Waals surface area (Å²) in [7, 11) is -0.423. The number of hydrogen-bond donors (Lipinski definition) is 9. The van der Waals surface area contributed by atoms with Crippen molar-refractivity contribution in [1.29, 1.82) is 0 Å². The van der Waals surface area contributed by atoms with E-state index in [1.165, 1.54) is 6.07 Å². The number of nitrogens with two attached hydrogens (primary N) is 2. The maximum Gasteiger partial charge on any atom is 0.300 e. The Bertz CT molecular complexity index is 1130. The first-order valence-electron chi connectivity index (χ1n) is 12.2. The van der Waals surface area contributed by atoms with Crippen LogP contribution in [0, 0.1) is 0 Å². The largest absolute Gasteiger partial charge is 0.481 e. The van der Waals surface area contributed by atoms with Crippen LogP contribution in [0.1, 0.15) is 34.6 Å². The molecule has 2 rings (SSSR count). The predicted molar refractivity (Wildman–Crippen MR) is 166 cm³/mol. The van der Waals surface area contributed by atoms with Crippen LogP contribution < -0.4 is 21.7 Å². The number of aliphatic carboxylic acids is 5.